The number of nitro groups is 2. The van der Waals surface area contributed by atoms with E-state index in [2.05, 4.69) is 10.3 Å². The molecule has 1 aromatic heterocycles. The minimum absolute atomic E-state index is 0. The van der Waals surface area contributed by atoms with Crippen LogP contribution in [0.25, 0.3) is 10.9 Å². The first-order valence-corrected chi connectivity index (χ1v) is 26.5. The van der Waals surface area contributed by atoms with Crippen molar-refractivity contribution in [2.24, 2.45) is 0 Å². The molecule has 0 N–H and O–H groups in total. The van der Waals surface area contributed by atoms with E-state index in [1.54, 1.807) is 43.3 Å². The lowest BCUT2D eigenvalue weighted by Gasteiger charge is -2.10. The van der Waals surface area contributed by atoms with Gasteiger partial charge in [-0.2, -0.15) is 0 Å². The maximum absolute atomic E-state index is 13.1. The van der Waals surface area contributed by atoms with Crippen molar-refractivity contribution < 1.29 is 41.8 Å². The number of nitro benzene ring substituents is 2. The van der Waals surface area contributed by atoms with Crippen LogP contribution in [-0.2, 0) is 46.6 Å². The van der Waals surface area contributed by atoms with Crippen LogP contribution in [0.3, 0.4) is 0 Å². The van der Waals surface area contributed by atoms with E-state index in [4.69, 9.17) is 58.0 Å². The number of nitrogens with zero attached hydrogens (tertiary/aromatic N) is 7. The first kappa shape index (κ1) is 80.0. The number of aromatic nitrogens is 3. The molecule has 0 atom stereocenters. The molecule has 6 aromatic rings. The molecule has 2 saturated heterocycles. The third-order valence-corrected chi connectivity index (χ3v) is 14.0. The molecule has 0 unspecified atom stereocenters. The molecule has 24 heteroatoms. The molecule has 0 radical (unpaired) electrons. The molecule has 0 spiro atoms. The van der Waals surface area contributed by atoms with Crippen molar-refractivity contribution in [2.45, 2.75) is 143 Å². The monoisotopic (exact) mass is 1250 g/mol. The molecule has 3 amide bonds. The summed E-state index contributed by atoms with van der Waals surface area (Å²) in [6.45, 7) is 17.1. The van der Waals surface area contributed by atoms with Gasteiger partial charge in [-0.1, -0.05) is 157 Å². The van der Waals surface area contributed by atoms with Crippen molar-refractivity contribution in [3.63, 3.8) is 0 Å². The van der Waals surface area contributed by atoms with Gasteiger partial charge >= 0.3 is 0 Å². The molecule has 0 saturated carbocycles. The Morgan fingerprint density at radius 3 is 1.46 bits per heavy atom. The number of carbonyl (C=O) groups is 3. The predicted octanol–water partition coefficient (Wildman–Crippen LogP) is 17.1. The number of imide groups is 1. The van der Waals surface area contributed by atoms with E-state index in [0.717, 1.165) is 62.4 Å². The number of carbonyl (C=O) groups excluding carboxylic acids is 3. The van der Waals surface area contributed by atoms with E-state index >= 15 is 0 Å². The van der Waals surface area contributed by atoms with Gasteiger partial charge in [0, 0.05) is 80.8 Å². The second-order valence-electron chi connectivity index (χ2n) is 16.5. The molecule has 82 heavy (non-hydrogen) atoms. The molecule has 0 bridgehead atoms. The minimum Gasteiger partial charge on any atom is -0.343 e. The topological polar surface area (TPSA) is 192 Å². The Morgan fingerprint density at radius 2 is 1.05 bits per heavy atom. The zero-order valence-corrected chi connectivity index (χ0v) is 48.0. The lowest BCUT2D eigenvalue weighted by Crippen LogP contribution is -2.28. The molecule has 2 aliphatic rings. The Bertz CT molecular complexity index is 2960. The summed E-state index contributed by atoms with van der Waals surface area (Å²) in [6.07, 6.45) is 5.06. The van der Waals surface area contributed by atoms with E-state index < -0.39 is 34.4 Å². The van der Waals surface area contributed by atoms with Crippen LogP contribution in [0, 0.1) is 50.4 Å². The van der Waals surface area contributed by atoms with E-state index in [1.807, 2.05) is 57.7 Å². The number of hydrogen-bond acceptors (Lipinski definition) is 10. The van der Waals surface area contributed by atoms with Gasteiger partial charge in [0.25, 0.3) is 16.9 Å². The average Bonchev–Trinajstić information content (AvgIpc) is 4.07. The van der Waals surface area contributed by atoms with Gasteiger partial charge in [0.05, 0.1) is 40.3 Å². The Morgan fingerprint density at radius 1 is 0.537 bits per heavy atom. The van der Waals surface area contributed by atoms with Crippen molar-refractivity contribution in [3.8, 4) is 0 Å². The summed E-state index contributed by atoms with van der Waals surface area (Å²) in [7, 11) is 0. The first-order chi connectivity index (χ1) is 36.9. The Balaban J connectivity index is -0.000000886. The van der Waals surface area contributed by atoms with Crippen LogP contribution >= 0.6 is 58.0 Å². The van der Waals surface area contributed by atoms with Crippen molar-refractivity contribution in [2.75, 3.05) is 19.6 Å². The standard InChI is InChI=1S/C9H8F4.C9H9N3O.C8H5Cl5.2C8H9NO2.C6H9NO2.C6H11NO.4CH4/c1-3-5-6(10)4(2)7(11)9(13)8(5)12;1-2-12-9(13)7-5-3-4-6-8(7)10-11-12;1-2-3-4(9)6(11)8(13)7(12)5(3)10;1-2-7-3-5-8(6-4-7)9(10)11;1-2-7-4-3-5-8(6-7)9(10)11;1-2-7-5(8)3-4-6(7)9;1-2-7-5-3-4-6(7)8;;;;/h3H2,1-2H3;3-6H,2H2,1H3;2H2,1H3;2*3-6H,2H2,1H3;2-4H2,1H3;2-5H2,1H3;4*1H4. The smallest absolute Gasteiger partial charge is 0.277 e. The lowest BCUT2D eigenvalue weighted by molar-refractivity contribution is -0.385. The largest absolute Gasteiger partial charge is 0.343 e. The number of fused-ring (bicyclic) bond motifs is 1. The summed E-state index contributed by atoms with van der Waals surface area (Å²) >= 11 is 29.3. The third-order valence-electron chi connectivity index (χ3n) is 11.6. The molecule has 0 aliphatic carbocycles. The van der Waals surface area contributed by atoms with Crippen LogP contribution in [0.2, 0.25) is 25.1 Å². The van der Waals surface area contributed by atoms with Crippen LogP contribution in [-0.4, -0.2) is 72.0 Å². The van der Waals surface area contributed by atoms with Crippen molar-refractivity contribution in [1.29, 1.82) is 0 Å². The number of aryl methyl sites for hydroxylation is 3. The minimum atomic E-state index is -1.60. The van der Waals surface area contributed by atoms with Gasteiger partial charge in [0.15, 0.2) is 17.5 Å². The molecule has 2 aliphatic heterocycles. The average molecular weight is 1250 g/mol. The number of halogens is 9. The van der Waals surface area contributed by atoms with Crippen molar-refractivity contribution in [3.05, 3.63) is 180 Å². The molecule has 3 heterocycles. The molecule has 2 fully saturated rings. The van der Waals surface area contributed by atoms with Crippen molar-refractivity contribution in [1.82, 2.24) is 24.8 Å². The fourth-order valence-electron chi connectivity index (χ4n) is 7.07. The normalized spacial score (nSPS) is 11.7. The zero-order chi connectivity index (χ0) is 59.0. The lowest BCUT2D eigenvalue weighted by atomic mass is 10.1. The van der Waals surface area contributed by atoms with Crippen LogP contribution in [0.5, 0.6) is 0 Å². The molecular formula is C58H76Cl5F4N7O8. The summed E-state index contributed by atoms with van der Waals surface area (Å²) < 4.78 is 52.7. The molecule has 8 rings (SSSR count). The summed E-state index contributed by atoms with van der Waals surface area (Å²) in [6, 6.07) is 20.5. The van der Waals surface area contributed by atoms with Gasteiger partial charge < -0.3 is 4.90 Å². The Hall–Kier alpha value is -6.25. The summed E-state index contributed by atoms with van der Waals surface area (Å²) in [5.74, 6) is -5.21. The summed E-state index contributed by atoms with van der Waals surface area (Å²) in [4.78, 5) is 66.7. The second kappa shape index (κ2) is 40.1. The zero-order valence-electron chi connectivity index (χ0n) is 44.2. The van der Waals surface area contributed by atoms with Gasteiger partial charge in [-0.3, -0.25) is 44.3 Å². The van der Waals surface area contributed by atoms with Gasteiger partial charge in [0.2, 0.25) is 17.7 Å². The Kier molecular flexibility index (Phi) is 39.1. The number of rotatable bonds is 9. The fraction of sp³-hybridized carbons (Fsp3) is 0.414. The van der Waals surface area contributed by atoms with Crippen LogP contribution in [0.1, 0.15) is 132 Å². The number of likely N-dealkylation sites (tertiary alicyclic amines) is 2. The SMILES string of the molecule is C.C.C.C.CCN1C(=O)CCC1=O.CCN1CCCC1=O.CCc1c(Cl)c(Cl)c(Cl)c(Cl)c1Cl.CCc1c(F)c(C)c(F)c(F)c1F.CCc1ccc([N+](=O)[O-])cc1.CCc1cccc([N+](=O)[O-])c1.CCn1nnc2ccccc2c1=O. The highest BCUT2D eigenvalue weighted by Gasteiger charge is 2.27. The van der Waals surface area contributed by atoms with Gasteiger partial charge in [0.1, 0.15) is 11.3 Å². The maximum Gasteiger partial charge on any atom is 0.277 e. The molecule has 15 nitrogen and oxygen atoms in total. The van der Waals surface area contributed by atoms with Gasteiger partial charge in [-0.25, -0.2) is 22.2 Å². The van der Waals surface area contributed by atoms with Crippen LogP contribution < -0.4 is 5.56 Å². The third kappa shape index (κ3) is 22.8. The van der Waals surface area contributed by atoms with E-state index in [1.165, 1.54) is 34.7 Å². The molecule has 5 aromatic carbocycles. The van der Waals surface area contributed by atoms with Gasteiger partial charge in [-0.05, 0) is 88.6 Å². The molecular weight excluding hydrogens is 1180 g/mol. The molecule has 454 valence electrons. The van der Waals surface area contributed by atoms with E-state index in [-0.39, 0.29) is 89.8 Å². The van der Waals surface area contributed by atoms with Gasteiger partial charge in [-0.15, -0.1) is 5.10 Å². The van der Waals surface area contributed by atoms with Crippen molar-refractivity contribution >= 4 is 98.0 Å². The van der Waals surface area contributed by atoms with Crippen LogP contribution in [0.4, 0.5) is 28.9 Å². The quantitative estimate of drug-likeness (QED) is 0.0336. The highest BCUT2D eigenvalue weighted by molar-refractivity contribution is 6.55. The van der Waals surface area contributed by atoms with E-state index in [0.29, 0.717) is 59.2 Å². The number of hydrogen-bond donors (Lipinski definition) is 0. The fourth-order valence-corrected chi connectivity index (χ4v) is 8.52. The second-order valence-corrected chi connectivity index (χ2v) is 18.4. The summed E-state index contributed by atoms with van der Waals surface area (Å²) in [5, 5.41) is 30.3. The summed E-state index contributed by atoms with van der Waals surface area (Å²) in [5.41, 5.74) is 2.86. The number of non-ortho nitro benzene ring substituents is 2. The number of amides is 3. The van der Waals surface area contributed by atoms with Crippen LogP contribution in [0.15, 0.2) is 77.6 Å². The van der Waals surface area contributed by atoms with E-state index in [9.17, 15) is 57.0 Å². The first-order valence-electron chi connectivity index (χ1n) is 24.6. The highest BCUT2D eigenvalue weighted by Crippen LogP contribution is 2.44. The number of benzene rings is 5. The highest BCUT2D eigenvalue weighted by atomic mass is 35.5. The predicted molar refractivity (Wildman–Crippen MR) is 326 cm³/mol. The maximum atomic E-state index is 13.1. The Labute approximate surface area is 504 Å².